The van der Waals surface area contributed by atoms with Gasteiger partial charge in [-0.25, -0.2) is 0 Å². The summed E-state index contributed by atoms with van der Waals surface area (Å²) < 4.78 is 0. The fraction of sp³-hybridized carbons (Fsp3) is 0.625. The van der Waals surface area contributed by atoms with Crippen molar-refractivity contribution in [1.82, 2.24) is 0 Å². The van der Waals surface area contributed by atoms with E-state index in [0.29, 0.717) is 0 Å². The lowest BCUT2D eigenvalue weighted by Gasteiger charge is -2.21. The van der Waals surface area contributed by atoms with Crippen molar-refractivity contribution in [3.05, 3.63) is 29.8 Å². The van der Waals surface area contributed by atoms with E-state index >= 15 is 0 Å². The zero-order valence-electron chi connectivity index (χ0n) is 12.6. The van der Waals surface area contributed by atoms with E-state index in [9.17, 15) is 0 Å². The van der Waals surface area contributed by atoms with Crippen LogP contribution in [0.25, 0.3) is 0 Å². The van der Waals surface area contributed by atoms with Gasteiger partial charge in [-0.3, -0.25) is 0 Å². The molecule has 3 heteroatoms. The minimum absolute atomic E-state index is 0. The molecule has 0 aromatic heterocycles. The topological polar surface area (TPSA) is 29.3 Å². The smallest absolute Gasteiger partial charge is 0.0366 e. The first-order valence-corrected chi connectivity index (χ1v) is 7.33. The molecule has 0 fully saturated rings. The van der Waals surface area contributed by atoms with Gasteiger partial charge in [-0.2, -0.15) is 0 Å². The first-order chi connectivity index (χ1) is 8.72. The molecule has 0 aliphatic heterocycles. The molecule has 0 amide bonds. The van der Waals surface area contributed by atoms with Crippen molar-refractivity contribution < 1.29 is 0 Å². The van der Waals surface area contributed by atoms with E-state index < -0.39 is 0 Å². The van der Waals surface area contributed by atoms with Crippen LogP contribution in [-0.2, 0) is 0 Å². The van der Waals surface area contributed by atoms with E-state index in [1.165, 1.54) is 30.5 Å². The third kappa shape index (κ3) is 5.84. The Morgan fingerprint density at radius 3 is 2.05 bits per heavy atom. The van der Waals surface area contributed by atoms with Crippen molar-refractivity contribution >= 4 is 18.1 Å². The van der Waals surface area contributed by atoms with Gasteiger partial charge in [0.1, 0.15) is 0 Å². The highest BCUT2D eigenvalue weighted by molar-refractivity contribution is 5.85. The molecule has 0 bridgehead atoms. The Morgan fingerprint density at radius 1 is 1.00 bits per heavy atom. The number of halogens is 1. The van der Waals surface area contributed by atoms with Crippen molar-refractivity contribution in [2.45, 2.75) is 52.5 Å². The molecule has 0 saturated heterocycles. The second kappa shape index (κ2) is 10.1. The molecule has 1 aromatic carbocycles. The SMILES string of the molecule is CCCCC[C@@H](N)c1ccc(N(CC)CC)cc1.Cl. The van der Waals surface area contributed by atoms with Gasteiger partial charge in [0.15, 0.2) is 0 Å². The van der Waals surface area contributed by atoms with Crippen LogP contribution in [0.15, 0.2) is 24.3 Å². The number of hydrogen-bond donors (Lipinski definition) is 1. The maximum absolute atomic E-state index is 6.21. The molecule has 0 unspecified atom stereocenters. The van der Waals surface area contributed by atoms with E-state index in [0.717, 1.165) is 19.5 Å². The summed E-state index contributed by atoms with van der Waals surface area (Å²) in [6.45, 7) is 8.71. The van der Waals surface area contributed by atoms with E-state index in [4.69, 9.17) is 5.73 Å². The summed E-state index contributed by atoms with van der Waals surface area (Å²) in [6.07, 6.45) is 4.87. The lowest BCUT2D eigenvalue weighted by molar-refractivity contribution is 0.581. The van der Waals surface area contributed by atoms with Gasteiger partial charge < -0.3 is 10.6 Å². The van der Waals surface area contributed by atoms with E-state index in [1.54, 1.807) is 0 Å². The summed E-state index contributed by atoms with van der Waals surface area (Å²) in [5, 5.41) is 0. The second-order valence-corrected chi connectivity index (χ2v) is 4.87. The van der Waals surface area contributed by atoms with Crippen LogP contribution in [0, 0.1) is 0 Å². The summed E-state index contributed by atoms with van der Waals surface area (Å²) >= 11 is 0. The van der Waals surface area contributed by atoms with E-state index in [2.05, 4.69) is 49.9 Å². The van der Waals surface area contributed by atoms with E-state index in [1.807, 2.05) is 0 Å². The number of hydrogen-bond acceptors (Lipinski definition) is 2. The first kappa shape index (κ1) is 18.3. The number of nitrogens with two attached hydrogens (primary N) is 1. The molecule has 0 radical (unpaired) electrons. The predicted molar refractivity (Wildman–Crippen MR) is 88.3 cm³/mol. The second-order valence-electron chi connectivity index (χ2n) is 4.87. The van der Waals surface area contributed by atoms with Crippen molar-refractivity contribution in [3.8, 4) is 0 Å². The zero-order chi connectivity index (χ0) is 13.4. The molecule has 1 aromatic rings. The standard InChI is InChI=1S/C16H28N2.ClH/c1-4-7-8-9-16(17)14-10-12-15(13-11-14)18(5-2)6-3;/h10-13,16H,4-9,17H2,1-3H3;1H/t16-;/m1./s1. The molecule has 19 heavy (non-hydrogen) atoms. The monoisotopic (exact) mass is 284 g/mol. The number of nitrogens with zero attached hydrogens (tertiary/aromatic N) is 1. The average molecular weight is 285 g/mol. The lowest BCUT2D eigenvalue weighted by atomic mass is 10.0. The van der Waals surface area contributed by atoms with Crippen LogP contribution in [0.3, 0.4) is 0 Å². The average Bonchev–Trinajstić information content (AvgIpc) is 2.41. The van der Waals surface area contributed by atoms with Crippen LogP contribution >= 0.6 is 12.4 Å². The third-order valence-corrected chi connectivity index (χ3v) is 3.57. The highest BCUT2D eigenvalue weighted by atomic mass is 35.5. The van der Waals surface area contributed by atoms with Gasteiger partial charge in [0, 0.05) is 24.8 Å². The number of rotatable bonds is 8. The van der Waals surface area contributed by atoms with Gasteiger partial charge in [0.2, 0.25) is 0 Å². The normalized spacial score (nSPS) is 11.8. The van der Waals surface area contributed by atoms with Gasteiger partial charge in [-0.15, -0.1) is 12.4 Å². The van der Waals surface area contributed by atoms with Crippen LogP contribution < -0.4 is 10.6 Å². The Hall–Kier alpha value is -0.730. The molecule has 1 rings (SSSR count). The molecule has 2 N–H and O–H groups in total. The molecule has 2 nitrogen and oxygen atoms in total. The van der Waals surface area contributed by atoms with Crippen LogP contribution in [-0.4, -0.2) is 13.1 Å². The predicted octanol–water partition coefficient (Wildman–Crippen LogP) is 4.53. The Kier molecular flexibility index (Phi) is 9.72. The minimum Gasteiger partial charge on any atom is -0.372 e. The van der Waals surface area contributed by atoms with Gasteiger partial charge in [-0.05, 0) is 38.0 Å². The molecule has 0 saturated carbocycles. The van der Waals surface area contributed by atoms with Gasteiger partial charge in [0.25, 0.3) is 0 Å². The molecule has 0 spiro atoms. The van der Waals surface area contributed by atoms with Gasteiger partial charge in [0.05, 0.1) is 0 Å². The molecule has 1 atom stereocenters. The Bertz CT molecular complexity index is 320. The van der Waals surface area contributed by atoms with Crippen molar-refractivity contribution in [1.29, 1.82) is 0 Å². The third-order valence-electron chi connectivity index (χ3n) is 3.57. The molecular weight excluding hydrogens is 256 g/mol. The molecule has 0 heterocycles. The molecule has 110 valence electrons. The Labute approximate surface area is 124 Å². The van der Waals surface area contributed by atoms with Crippen LogP contribution in [0.1, 0.15) is 58.1 Å². The van der Waals surface area contributed by atoms with Crippen LogP contribution in [0.4, 0.5) is 5.69 Å². The minimum atomic E-state index is 0. The quantitative estimate of drug-likeness (QED) is 0.711. The molecule has 0 aliphatic carbocycles. The molecule has 0 aliphatic rings. The maximum Gasteiger partial charge on any atom is 0.0366 e. The van der Waals surface area contributed by atoms with Crippen LogP contribution in [0.2, 0.25) is 0 Å². The van der Waals surface area contributed by atoms with Gasteiger partial charge >= 0.3 is 0 Å². The molecular formula is C16H29ClN2. The largest absolute Gasteiger partial charge is 0.372 e. The lowest BCUT2D eigenvalue weighted by Crippen LogP contribution is -2.21. The zero-order valence-corrected chi connectivity index (χ0v) is 13.4. The van der Waals surface area contributed by atoms with Crippen molar-refractivity contribution in [2.24, 2.45) is 5.73 Å². The number of unbranched alkanes of at least 4 members (excludes halogenated alkanes) is 2. The fourth-order valence-electron chi connectivity index (χ4n) is 2.30. The van der Waals surface area contributed by atoms with Gasteiger partial charge in [-0.1, -0.05) is 38.3 Å². The maximum atomic E-state index is 6.21. The summed E-state index contributed by atoms with van der Waals surface area (Å²) in [5.41, 5.74) is 8.77. The number of anilines is 1. The van der Waals surface area contributed by atoms with E-state index in [-0.39, 0.29) is 18.4 Å². The summed E-state index contributed by atoms with van der Waals surface area (Å²) in [5.74, 6) is 0. The van der Waals surface area contributed by atoms with Crippen LogP contribution in [0.5, 0.6) is 0 Å². The Morgan fingerprint density at radius 2 is 1.58 bits per heavy atom. The summed E-state index contributed by atoms with van der Waals surface area (Å²) in [4.78, 5) is 2.35. The Balaban J connectivity index is 0.00000324. The first-order valence-electron chi connectivity index (χ1n) is 7.33. The van der Waals surface area contributed by atoms with Crippen molar-refractivity contribution in [2.75, 3.05) is 18.0 Å². The van der Waals surface area contributed by atoms with Crippen molar-refractivity contribution in [3.63, 3.8) is 0 Å². The fourth-order valence-corrected chi connectivity index (χ4v) is 2.30. The highest BCUT2D eigenvalue weighted by Crippen LogP contribution is 2.21. The summed E-state index contributed by atoms with van der Waals surface area (Å²) in [6, 6.07) is 8.96. The highest BCUT2D eigenvalue weighted by Gasteiger charge is 2.07. The number of benzene rings is 1. The summed E-state index contributed by atoms with van der Waals surface area (Å²) in [7, 11) is 0.